The molecule has 100 valence electrons. The predicted molar refractivity (Wildman–Crippen MR) is 75.2 cm³/mol. The molecule has 0 spiro atoms. The van der Waals surface area contributed by atoms with Crippen molar-refractivity contribution < 1.29 is 4.79 Å². The highest BCUT2D eigenvalue weighted by Crippen LogP contribution is 2.41. The quantitative estimate of drug-likeness (QED) is 0.926. The maximum absolute atomic E-state index is 11.9. The van der Waals surface area contributed by atoms with Crippen molar-refractivity contribution in [2.24, 2.45) is 0 Å². The van der Waals surface area contributed by atoms with Crippen LogP contribution >= 0.6 is 27.3 Å². The standard InChI is InChI=1S/C11H12BrN5OS/c1-6-8(12)4-13-17(6)5-9(18)14-11-16-15-10(19-11)7-2-3-7/h4,7H,2-3,5H2,1H3,(H,14,16,18). The maximum atomic E-state index is 11.9. The van der Waals surface area contributed by atoms with Gasteiger partial charge in [0, 0.05) is 5.92 Å². The highest BCUT2D eigenvalue weighted by atomic mass is 79.9. The van der Waals surface area contributed by atoms with Crippen molar-refractivity contribution in [2.45, 2.75) is 32.2 Å². The molecule has 0 saturated heterocycles. The molecule has 1 saturated carbocycles. The molecule has 1 aliphatic carbocycles. The summed E-state index contributed by atoms with van der Waals surface area (Å²) < 4.78 is 2.54. The van der Waals surface area contributed by atoms with E-state index < -0.39 is 0 Å². The number of carbonyl (C=O) groups is 1. The average Bonchev–Trinajstić information content (AvgIpc) is 3.07. The van der Waals surface area contributed by atoms with Gasteiger partial charge in [-0.1, -0.05) is 11.3 Å². The second kappa shape index (κ2) is 5.01. The van der Waals surface area contributed by atoms with Gasteiger partial charge in [0.25, 0.3) is 0 Å². The van der Waals surface area contributed by atoms with Gasteiger partial charge in [-0.15, -0.1) is 10.2 Å². The van der Waals surface area contributed by atoms with E-state index in [0.29, 0.717) is 11.0 Å². The van der Waals surface area contributed by atoms with E-state index in [4.69, 9.17) is 0 Å². The molecule has 0 radical (unpaired) electrons. The zero-order chi connectivity index (χ0) is 13.4. The van der Waals surface area contributed by atoms with E-state index in [1.807, 2.05) is 6.92 Å². The Kier molecular flexibility index (Phi) is 3.36. The summed E-state index contributed by atoms with van der Waals surface area (Å²) >= 11 is 4.82. The lowest BCUT2D eigenvalue weighted by atomic mass is 10.5. The lowest BCUT2D eigenvalue weighted by Crippen LogP contribution is -2.20. The summed E-state index contributed by atoms with van der Waals surface area (Å²) in [5.74, 6) is 0.421. The van der Waals surface area contributed by atoms with Crippen LogP contribution in [0.15, 0.2) is 10.7 Å². The molecule has 2 aromatic heterocycles. The van der Waals surface area contributed by atoms with E-state index in [1.165, 1.54) is 24.2 Å². The van der Waals surface area contributed by atoms with Crippen molar-refractivity contribution in [3.8, 4) is 0 Å². The molecular formula is C11H12BrN5OS. The molecule has 19 heavy (non-hydrogen) atoms. The lowest BCUT2D eigenvalue weighted by Gasteiger charge is -2.03. The van der Waals surface area contributed by atoms with Crippen LogP contribution in [0.4, 0.5) is 5.13 Å². The summed E-state index contributed by atoms with van der Waals surface area (Å²) in [4.78, 5) is 11.9. The molecule has 0 atom stereocenters. The third-order valence-electron chi connectivity index (χ3n) is 2.95. The largest absolute Gasteiger partial charge is 0.299 e. The first-order chi connectivity index (χ1) is 9.13. The SMILES string of the molecule is Cc1c(Br)cnn1CC(=O)Nc1nnc(C2CC2)s1. The third kappa shape index (κ3) is 2.84. The highest BCUT2D eigenvalue weighted by molar-refractivity contribution is 9.10. The number of anilines is 1. The predicted octanol–water partition coefficient (Wildman–Crippen LogP) is 2.32. The minimum absolute atomic E-state index is 0.141. The van der Waals surface area contributed by atoms with Crippen LogP contribution in [-0.2, 0) is 11.3 Å². The van der Waals surface area contributed by atoms with Gasteiger partial charge in [0.05, 0.1) is 16.4 Å². The van der Waals surface area contributed by atoms with Crippen molar-refractivity contribution in [2.75, 3.05) is 5.32 Å². The Morgan fingerprint density at radius 2 is 2.37 bits per heavy atom. The van der Waals surface area contributed by atoms with Gasteiger partial charge in [-0.25, -0.2) is 0 Å². The summed E-state index contributed by atoms with van der Waals surface area (Å²) in [5, 5.41) is 16.5. The van der Waals surface area contributed by atoms with E-state index >= 15 is 0 Å². The lowest BCUT2D eigenvalue weighted by molar-refractivity contribution is -0.116. The van der Waals surface area contributed by atoms with Gasteiger partial charge in [0.2, 0.25) is 11.0 Å². The fourth-order valence-corrected chi connectivity index (χ4v) is 2.88. The normalized spacial score (nSPS) is 14.6. The van der Waals surface area contributed by atoms with Crippen molar-refractivity contribution >= 4 is 38.3 Å². The first-order valence-electron chi connectivity index (χ1n) is 5.94. The molecule has 2 heterocycles. The minimum atomic E-state index is -0.141. The number of rotatable bonds is 4. The van der Waals surface area contributed by atoms with Gasteiger partial charge in [-0.05, 0) is 35.7 Å². The van der Waals surface area contributed by atoms with Crippen LogP contribution in [0.5, 0.6) is 0 Å². The maximum Gasteiger partial charge on any atom is 0.247 e. The van der Waals surface area contributed by atoms with Crippen molar-refractivity contribution in [3.63, 3.8) is 0 Å². The van der Waals surface area contributed by atoms with Crippen LogP contribution in [0.25, 0.3) is 0 Å². The molecule has 1 fully saturated rings. The number of hydrogen-bond acceptors (Lipinski definition) is 5. The molecular weight excluding hydrogens is 330 g/mol. The van der Waals surface area contributed by atoms with Gasteiger partial charge < -0.3 is 0 Å². The topological polar surface area (TPSA) is 72.7 Å². The van der Waals surface area contributed by atoms with Crippen molar-refractivity contribution in [1.82, 2.24) is 20.0 Å². The van der Waals surface area contributed by atoms with Crippen molar-refractivity contribution in [1.29, 1.82) is 0 Å². The summed E-state index contributed by atoms with van der Waals surface area (Å²) in [5.41, 5.74) is 0.922. The molecule has 1 aliphatic rings. The van der Waals surface area contributed by atoms with E-state index in [-0.39, 0.29) is 12.5 Å². The minimum Gasteiger partial charge on any atom is -0.299 e. The Bertz CT molecular complexity index is 618. The summed E-state index contributed by atoms with van der Waals surface area (Å²) in [6, 6.07) is 0. The van der Waals surface area contributed by atoms with Gasteiger partial charge in [-0.2, -0.15) is 5.10 Å². The molecule has 1 N–H and O–H groups in total. The van der Waals surface area contributed by atoms with E-state index in [1.54, 1.807) is 10.9 Å². The summed E-state index contributed by atoms with van der Waals surface area (Å²) in [6.07, 6.45) is 4.05. The third-order valence-corrected chi connectivity index (χ3v) is 4.73. The van der Waals surface area contributed by atoms with E-state index in [2.05, 4.69) is 36.5 Å². The second-order valence-corrected chi connectivity index (χ2v) is 6.37. The van der Waals surface area contributed by atoms with Gasteiger partial charge in [-0.3, -0.25) is 14.8 Å². The number of carbonyl (C=O) groups excluding carboxylic acids is 1. The number of nitrogens with one attached hydrogen (secondary N) is 1. The zero-order valence-electron chi connectivity index (χ0n) is 10.3. The Labute approximate surface area is 122 Å². The molecule has 0 aliphatic heterocycles. The monoisotopic (exact) mass is 341 g/mol. The first-order valence-corrected chi connectivity index (χ1v) is 7.55. The molecule has 0 bridgehead atoms. The number of amides is 1. The molecule has 0 aromatic carbocycles. The number of aromatic nitrogens is 4. The van der Waals surface area contributed by atoms with Crippen LogP contribution in [-0.4, -0.2) is 25.9 Å². The van der Waals surface area contributed by atoms with Gasteiger partial charge in [0.15, 0.2) is 0 Å². The molecule has 1 amide bonds. The Morgan fingerprint density at radius 1 is 1.58 bits per heavy atom. The molecule has 6 nitrogen and oxygen atoms in total. The van der Waals surface area contributed by atoms with Gasteiger partial charge >= 0.3 is 0 Å². The zero-order valence-corrected chi connectivity index (χ0v) is 12.7. The number of hydrogen-bond donors (Lipinski definition) is 1. The Hall–Kier alpha value is -1.28. The number of halogens is 1. The first kappa shape index (κ1) is 12.7. The van der Waals surface area contributed by atoms with Crippen LogP contribution in [0, 0.1) is 6.92 Å². The average molecular weight is 342 g/mol. The van der Waals surface area contributed by atoms with Crippen LogP contribution < -0.4 is 5.32 Å². The Balaban J connectivity index is 1.62. The number of nitrogens with zero attached hydrogens (tertiary/aromatic N) is 4. The fraction of sp³-hybridized carbons (Fsp3) is 0.455. The highest BCUT2D eigenvalue weighted by Gasteiger charge is 2.27. The smallest absolute Gasteiger partial charge is 0.247 e. The molecule has 0 unspecified atom stereocenters. The summed E-state index contributed by atoms with van der Waals surface area (Å²) in [6.45, 7) is 2.08. The second-order valence-electron chi connectivity index (χ2n) is 4.50. The fourth-order valence-electron chi connectivity index (χ4n) is 1.66. The Morgan fingerprint density at radius 3 is 3.00 bits per heavy atom. The van der Waals surface area contributed by atoms with Crippen molar-refractivity contribution in [3.05, 3.63) is 21.4 Å². The molecule has 3 rings (SSSR count). The van der Waals surface area contributed by atoms with Crippen LogP contribution in [0.1, 0.15) is 29.5 Å². The molecule has 2 aromatic rings. The van der Waals surface area contributed by atoms with E-state index in [9.17, 15) is 4.79 Å². The van der Waals surface area contributed by atoms with E-state index in [0.717, 1.165) is 15.2 Å². The van der Waals surface area contributed by atoms with Gasteiger partial charge in [0.1, 0.15) is 11.6 Å². The molecule has 8 heteroatoms. The summed E-state index contributed by atoms with van der Waals surface area (Å²) in [7, 11) is 0. The van der Waals surface area contributed by atoms with Crippen LogP contribution in [0.2, 0.25) is 0 Å². The van der Waals surface area contributed by atoms with Crippen LogP contribution in [0.3, 0.4) is 0 Å².